The van der Waals surface area contributed by atoms with E-state index >= 15 is 0 Å². The van der Waals surface area contributed by atoms with Crippen molar-refractivity contribution in [1.82, 2.24) is 0 Å². The lowest BCUT2D eigenvalue weighted by atomic mass is 10.3. The van der Waals surface area contributed by atoms with E-state index in [0.29, 0.717) is 0 Å². The minimum absolute atomic E-state index is 0.250. The average Bonchev–Trinajstić information content (AvgIpc) is 1.95. The van der Waals surface area contributed by atoms with Crippen molar-refractivity contribution in [2.24, 2.45) is 10.7 Å². The fourth-order valence-electron chi connectivity index (χ4n) is 0.502. The van der Waals surface area contributed by atoms with E-state index in [1.165, 1.54) is 0 Å². The molecule has 0 atom stereocenters. The van der Waals surface area contributed by atoms with Gasteiger partial charge in [0.2, 0.25) is 0 Å². The molecular weight excluding hydrogens is 214 g/mol. The van der Waals surface area contributed by atoms with Crippen LogP contribution in [0, 0.1) is 0 Å². The summed E-state index contributed by atoms with van der Waals surface area (Å²) >= 11 is 0. The molecule has 0 aliphatic heterocycles. The van der Waals surface area contributed by atoms with Crippen LogP contribution in [0.1, 0.15) is 0 Å². The van der Waals surface area contributed by atoms with Crippen molar-refractivity contribution < 1.29 is 26.3 Å². The molecule has 0 saturated heterocycles. The number of hydrogen-bond acceptors (Lipinski definition) is 2. The molecule has 0 aliphatic rings. The number of nitrogens with two attached hydrogens (primary N) is 1. The first-order chi connectivity index (χ1) is 6.09. The monoisotopic (exact) mass is 220 g/mol. The normalized spacial score (nSPS) is 15.9. The number of aliphatic imine (C=N–C) groups is 1. The quantitative estimate of drug-likeness (QED) is 0.532. The molecule has 0 aromatic rings. The van der Waals surface area contributed by atoms with Crippen LogP contribution in [0.5, 0.6) is 0 Å². The molecule has 0 amide bonds. The summed E-state index contributed by atoms with van der Waals surface area (Å²) in [5.41, 5.74) is 0.868. The first-order valence-electron chi connectivity index (χ1n) is 3.17. The van der Waals surface area contributed by atoms with Crippen molar-refractivity contribution in [2.75, 3.05) is 7.05 Å². The van der Waals surface area contributed by atoms with E-state index in [1.54, 1.807) is 0 Å². The zero-order valence-electron chi connectivity index (χ0n) is 6.87. The van der Waals surface area contributed by atoms with Gasteiger partial charge in [0.15, 0.2) is 0 Å². The van der Waals surface area contributed by atoms with Crippen LogP contribution in [0.15, 0.2) is 16.8 Å². The third-order valence-electron chi connectivity index (χ3n) is 1.15. The van der Waals surface area contributed by atoms with Crippen LogP contribution in [0.3, 0.4) is 0 Å². The predicted octanol–water partition coefficient (Wildman–Crippen LogP) is 2.02. The van der Waals surface area contributed by atoms with Gasteiger partial charge < -0.3 is 5.73 Å². The molecule has 2 N–H and O–H groups in total. The Morgan fingerprint density at radius 3 is 1.71 bits per heavy atom. The molecule has 14 heavy (non-hydrogen) atoms. The minimum Gasteiger partial charge on any atom is -0.395 e. The summed E-state index contributed by atoms with van der Waals surface area (Å²) in [7, 11) is 0.725. The molecular formula is C6H6F6N2. The summed E-state index contributed by atoms with van der Waals surface area (Å²) in [6.07, 6.45) is -10.2. The molecule has 2 nitrogen and oxygen atoms in total. The summed E-state index contributed by atoms with van der Waals surface area (Å²) in [5, 5.41) is 0. The Morgan fingerprint density at radius 1 is 1.07 bits per heavy atom. The van der Waals surface area contributed by atoms with Crippen LogP contribution in [0.25, 0.3) is 0 Å². The summed E-state index contributed by atoms with van der Waals surface area (Å²) in [4.78, 5) is 2.65. The van der Waals surface area contributed by atoms with Gasteiger partial charge in [-0.05, 0) is 6.08 Å². The van der Waals surface area contributed by atoms with Crippen LogP contribution in [0.4, 0.5) is 26.3 Å². The highest BCUT2D eigenvalue weighted by Crippen LogP contribution is 2.24. The smallest absolute Gasteiger partial charge is 0.395 e. The molecule has 0 bridgehead atoms. The van der Waals surface area contributed by atoms with Gasteiger partial charge in [0, 0.05) is 7.05 Å². The second kappa shape index (κ2) is 3.89. The van der Waals surface area contributed by atoms with Crippen molar-refractivity contribution in [3.05, 3.63) is 11.8 Å². The van der Waals surface area contributed by atoms with Gasteiger partial charge >= 0.3 is 12.4 Å². The van der Waals surface area contributed by atoms with Gasteiger partial charge in [0.25, 0.3) is 0 Å². The number of rotatable bonds is 1. The van der Waals surface area contributed by atoms with Crippen molar-refractivity contribution >= 4 is 5.71 Å². The molecule has 0 unspecified atom stereocenters. The van der Waals surface area contributed by atoms with E-state index < -0.39 is 23.8 Å². The van der Waals surface area contributed by atoms with E-state index in [0.717, 1.165) is 7.05 Å². The Morgan fingerprint density at radius 2 is 1.50 bits per heavy atom. The van der Waals surface area contributed by atoms with Gasteiger partial charge in [0.05, 0.1) is 0 Å². The molecule has 0 spiro atoms. The Hall–Kier alpha value is -1.21. The topological polar surface area (TPSA) is 38.4 Å². The maximum absolute atomic E-state index is 11.9. The first kappa shape index (κ1) is 12.8. The van der Waals surface area contributed by atoms with Gasteiger partial charge in [-0.25, -0.2) is 0 Å². The first-order valence-corrected chi connectivity index (χ1v) is 3.17. The Bertz CT molecular complexity index is 258. The summed E-state index contributed by atoms with van der Waals surface area (Å²) in [6.45, 7) is 0. The van der Waals surface area contributed by atoms with Gasteiger partial charge in [-0.15, -0.1) is 0 Å². The zero-order valence-corrected chi connectivity index (χ0v) is 6.87. The van der Waals surface area contributed by atoms with E-state index in [2.05, 4.69) is 10.7 Å². The van der Waals surface area contributed by atoms with Gasteiger partial charge in [0.1, 0.15) is 11.4 Å². The van der Waals surface area contributed by atoms with Crippen molar-refractivity contribution in [3.8, 4) is 0 Å². The lowest BCUT2D eigenvalue weighted by molar-refractivity contribution is -0.0928. The highest BCUT2D eigenvalue weighted by Gasteiger charge is 2.38. The molecule has 0 heterocycles. The van der Waals surface area contributed by atoms with Gasteiger partial charge in [-0.3, -0.25) is 4.99 Å². The highest BCUT2D eigenvalue weighted by molar-refractivity contribution is 5.99. The average molecular weight is 220 g/mol. The Balaban J connectivity index is 4.99. The third-order valence-corrected chi connectivity index (χ3v) is 1.15. The highest BCUT2D eigenvalue weighted by atomic mass is 19.4. The summed E-state index contributed by atoms with van der Waals surface area (Å²) < 4.78 is 70.8. The minimum atomic E-state index is -4.98. The molecule has 0 aromatic carbocycles. The van der Waals surface area contributed by atoms with E-state index in [-0.39, 0.29) is 6.08 Å². The van der Waals surface area contributed by atoms with E-state index in [9.17, 15) is 26.3 Å². The largest absolute Gasteiger partial charge is 0.432 e. The molecule has 0 fully saturated rings. The van der Waals surface area contributed by atoms with Crippen molar-refractivity contribution in [2.45, 2.75) is 12.4 Å². The van der Waals surface area contributed by atoms with Crippen LogP contribution in [-0.4, -0.2) is 25.1 Å². The fraction of sp³-hybridized carbons (Fsp3) is 0.500. The van der Waals surface area contributed by atoms with E-state index in [1.807, 2.05) is 0 Å². The number of halogens is 6. The third kappa shape index (κ3) is 3.67. The maximum Gasteiger partial charge on any atom is 0.432 e. The van der Waals surface area contributed by atoms with Crippen LogP contribution < -0.4 is 5.73 Å². The lowest BCUT2D eigenvalue weighted by Crippen LogP contribution is -2.26. The number of hydrogen-bond donors (Lipinski definition) is 1. The molecule has 0 aromatic heterocycles. The summed E-state index contributed by atoms with van der Waals surface area (Å²) in [6, 6.07) is 0. The molecule has 82 valence electrons. The van der Waals surface area contributed by atoms with Crippen LogP contribution in [-0.2, 0) is 0 Å². The second-order valence-corrected chi connectivity index (χ2v) is 2.20. The molecule has 0 aliphatic carbocycles. The Kier molecular flexibility index (Phi) is 3.55. The Labute approximate surface area is 75.1 Å². The fourth-order valence-corrected chi connectivity index (χ4v) is 0.502. The molecule has 0 radical (unpaired) electrons. The molecule has 8 heteroatoms. The lowest BCUT2D eigenvalue weighted by Gasteiger charge is -2.09. The standard InChI is InChI=1S/C6H6F6N2/c1-14-4(6(10,11)12)2-3(13)5(7,8)9/h2H,13H2,1H3. The number of alkyl halides is 6. The number of allylic oxidation sites excluding steroid dienone is 2. The molecule has 0 rings (SSSR count). The zero-order chi connectivity index (χ0) is 11.6. The number of nitrogens with zero attached hydrogens (tertiary/aromatic N) is 1. The van der Waals surface area contributed by atoms with Crippen molar-refractivity contribution in [1.29, 1.82) is 0 Å². The van der Waals surface area contributed by atoms with Gasteiger partial charge in [-0.1, -0.05) is 0 Å². The predicted molar refractivity (Wildman–Crippen MR) is 37.7 cm³/mol. The van der Waals surface area contributed by atoms with E-state index in [4.69, 9.17) is 0 Å². The van der Waals surface area contributed by atoms with Crippen LogP contribution >= 0.6 is 0 Å². The molecule has 0 saturated carbocycles. The van der Waals surface area contributed by atoms with Gasteiger partial charge in [-0.2, -0.15) is 26.3 Å². The second-order valence-electron chi connectivity index (χ2n) is 2.20. The van der Waals surface area contributed by atoms with Crippen molar-refractivity contribution in [3.63, 3.8) is 0 Å². The van der Waals surface area contributed by atoms with Crippen LogP contribution in [0.2, 0.25) is 0 Å². The SMILES string of the molecule is CN=C(C=C(N)C(F)(F)F)C(F)(F)F. The maximum atomic E-state index is 11.9. The summed E-state index contributed by atoms with van der Waals surface area (Å²) in [5.74, 6) is 0.